The van der Waals surface area contributed by atoms with Gasteiger partial charge in [-0.1, -0.05) is 62.7 Å². The molecule has 0 fully saturated rings. The summed E-state index contributed by atoms with van der Waals surface area (Å²) in [7, 11) is 0. The quantitative estimate of drug-likeness (QED) is 0.773. The Balaban J connectivity index is 2.18. The molecule has 1 unspecified atom stereocenters. The van der Waals surface area contributed by atoms with Gasteiger partial charge in [-0.15, -0.1) is 0 Å². The Morgan fingerprint density at radius 2 is 1.79 bits per heavy atom. The number of fused-ring (bicyclic) bond motifs is 1. The Hall–Kier alpha value is -1.34. The van der Waals surface area contributed by atoms with E-state index in [4.69, 9.17) is 0 Å². The van der Waals surface area contributed by atoms with Crippen molar-refractivity contribution in [1.29, 1.82) is 0 Å². The lowest BCUT2D eigenvalue weighted by atomic mass is 9.92. The van der Waals surface area contributed by atoms with Gasteiger partial charge in [0.15, 0.2) is 0 Å². The summed E-state index contributed by atoms with van der Waals surface area (Å²) in [6.45, 7) is 6.66. The van der Waals surface area contributed by atoms with Gasteiger partial charge in [0.1, 0.15) is 0 Å². The minimum atomic E-state index is 0.746. The van der Waals surface area contributed by atoms with E-state index in [-0.39, 0.29) is 0 Å². The van der Waals surface area contributed by atoms with Gasteiger partial charge in [-0.25, -0.2) is 0 Å². The van der Waals surface area contributed by atoms with Gasteiger partial charge >= 0.3 is 0 Å². The highest BCUT2D eigenvalue weighted by Crippen LogP contribution is 2.22. The fourth-order valence-electron chi connectivity index (χ4n) is 2.81. The number of hydrogen-bond acceptors (Lipinski definition) is 1. The fourth-order valence-corrected chi connectivity index (χ4v) is 2.81. The molecule has 1 nitrogen and oxygen atoms in total. The summed E-state index contributed by atoms with van der Waals surface area (Å²) in [5.74, 6) is 0.746. The van der Waals surface area contributed by atoms with E-state index in [0.29, 0.717) is 0 Å². The van der Waals surface area contributed by atoms with Gasteiger partial charge in [-0.2, -0.15) is 0 Å². The normalized spacial score (nSPS) is 12.7. The van der Waals surface area contributed by atoms with Crippen LogP contribution in [0, 0.1) is 5.92 Å². The lowest BCUT2D eigenvalue weighted by molar-refractivity contribution is 0.445. The van der Waals surface area contributed by atoms with E-state index < -0.39 is 0 Å². The maximum absolute atomic E-state index is 3.50. The van der Waals surface area contributed by atoms with Crippen LogP contribution in [0.3, 0.4) is 0 Å². The second-order valence-corrected chi connectivity index (χ2v) is 5.30. The van der Waals surface area contributed by atoms with Crippen LogP contribution >= 0.6 is 0 Å². The molecule has 0 spiro atoms. The lowest BCUT2D eigenvalue weighted by Gasteiger charge is -2.17. The van der Waals surface area contributed by atoms with E-state index in [1.807, 2.05) is 0 Å². The third-order valence-corrected chi connectivity index (χ3v) is 3.77. The summed E-state index contributed by atoms with van der Waals surface area (Å²) in [5, 5.41) is 6.28. The average Bonchev–Trinajstić information content (AvgIpc) is 2.45. The minimum Gasteiger partial charge on any atom is -0.317 e. The third kappa shape index (κ3) is 3.81. The van der Waals surface area contributed by atoms with Crippen LogP contribution in [0.15, 0.2) is 42.5 Å². The summed E-state index contributed by atoms with van der Waals surface area (Å²) in [5.41, 5.74) is 1.49. The summed E-state index contributed by atoms with van der Waals surface area (Å²) in [6, 6.07) is 15.4. The smallest absolute Gasteiger partial charge is 0.00174 e. The molecule has 0 radical (unpaired) electrons. The van der Waals surface area contributed by atoms with Crippen LogP contribution in [0.1, 0.15) is 32.3 Å². The molecular weight excluding hydrogens is 230 g/mol. The largest absolute Gasteiger partial charge is 0.317 e. The predicted octanol–water partition coefficient (Wildman–Crippen LogP) is 4.41. The molecule has 1 heteroatoms. The Morgan fingerprint density at radius 1 is 1.00 bits per heavy atom. The highest BCUT2D eigenvalue weighted by molar-refractivity contribution is 5.85. The monoisotopic (exact) mass is 255 g/mol. The SMILES string of the molecule is CCCC(CNCC)Cc1cccc2ccccc12. The van der Waals surface area contributed by atoms with Crippen LogP contribution in [0.4, 0.5) is 0 Å². The van der Waals surface area contributed by atoms with E-state index in [1.54, 1.807) is 0 Å². The first-order chi connectivity index (χ1) is 9.35. The summed E-state index contributed by atoms with van der Waals surface area (Å²) in [4.78, 5) is 0. The molecule has 0 saturated heterocycles. The molecule has 0 saturated carbocycles. The molecule has 0 aliphatic rings. The van der Waals surface area contributed by atoms with Crippen molar-refractivity contribution in [3.8, 4) is 0 Å². The molecule has 0 amide bonds. The fraction of sp³-hybridized carbons (Fsp3) is 0.444. The van der Waals surface area contributed by atoms with Gasteiger partial charge in [0.05, 0.1) is 0 Å². The second kappa shape index (κ2) is 7.30. The van der Waals surface area contributed by atoms with Gasteiger partial charge in [-0.05, 0) is 48.2 Å². The molecule has 1 N–H and O–H groups in total. The molecule has 0 bridgehead atoms. The number of nitrogens with one attached hydrogen (secondary N) is 1. The first-order valence-corrected chi connectivity index (χ1v) is 7.52. The molecule has 0 aliphatic heterocycles. The molecule has 19 heavy (non-hydrogen) atoms. The van der Waals surface area contributed by atoms with E-state index >= 15 is 0 Å². The molecular formula is C18H25N. The third-order valence-electron chi connectivity index (χ3n) is 3.77. The number of rotatable bonds is 7. The Labute approximate surface area is 117 Å². The highest BCUT2D eigenvalue weighted by Gasteiger charge is 2.10. The van der Waals surface area contributed by atoms with Crippen molar-refractivity contribution < 1.29 is 0 Å². The molecule has 2 rings (SSSR count). The highest BCUT2D eigenvalue weighted by atomic mass is 14.8. The van der Waals surface area contributed by atoms with Crippen molar-refractivity contribution >= 4 is 10.8 Å². The first-order valence-electron chi connectivity index (χ1n) is 7.52. The zero-order valence-electron chi connectivity index (χ0n) is 12.2. The standard InChI is InChI=1S/C18H25N/c1-3-8-15(14-19-4-2)13-17-11-7-10-16-9-5-6-12-18(16)17/h5-7,9-12,15,19H,3-4,8,13-14H2,1-2H3. The van der Waals surface area contributed by atoms with Crippen molar-refractivity contribution in [2.75, 3.05) is 13.1 Å². The van der Waals surface area contributed by atoms with Gasteiger partial charge in [0.25, 0.3) is 0 Å². The van der Waals surface area contributed by atoms with Crippen LogP contribution in [0.5, 0.6) is 0 Å². The predicted molar refractivity (Wildman–Crippen MR) is 84.6 cm³/mol. The number of hydrogen-bond donors (Lipinski definition) is 1. The zero-order valence-corrected chi connectivity index (χ0v) is 12.2. The molecule has 0 aliphatic carbocycles. The zero-order chi connectivity index (χ0) is 13.5. The van der Waals surface area contributed by atoms with Crippen molar-refractivity contribution in [2.45, 2.75) is 33.1 Å². The van der Waals surface area contributed by atoms with Crippen molar-refractivity contribution in [3.63, 3.8) is 0 Å². The molecule has 0 aromatic heterocycles. The Morgan fingerprint density at radius 3 is 2.58 bits per heavy atom. The van der Waals surface area contributed by atoms with E-state index in [1.165, 1.54) is 35.6 Å². The van der Waals surface area contributed by atoms with Crippen LogP contribution < -0.4 is 5.32 Å². The minimum absolute atomic E-state index is 0.746. The summed E-state index contributed by atoms with van der Waals surface area (Å²) in [6.07, 6.45) is 3.75. The van der Waals surface area contributed by atoms with Crippen LogP contribution in [-0.4, -0.2) is 13.1 Å². The number of benzene rings is 2. The Kier molecular flexibility index (Phi) is 5.41. The van der Waals surface area contributed by atoms with Crippen molar-refractivity contribution in [1.82, 2.24) is 5.32 Å². The maximum atomic E-state index is 3.50. The van der Waals surface area contributed by atoms with Gasteiger partial charge in [-0.3, -0.25) is 0 Å². The van der Waals surface area contributed by atoms with Gasteiger partial charge in [0, 0.05) is 0 Å². The van der Waals surface area contributed by atoms with Gasteiger partial charge in [0.2, 0.25) is 0 Å². The molecule has 0 heterocycles. The van der Waals surface area contributed by atoms with Crippen LogP contribution in [-0.2, 0) is 6.42 Å². The van der Waals surface area contributed by atoms with E-state index in [9.17, 15) is 0 Å². The summed E-state index contributed by atoms with van der Waals surface area (Å²) >= 11 is 0. The van der Waals surface area contributed by atoms with Crippen molar-refractivity contribution in [2.24, 2.45) is 5.92 Å². The van der Waals surface area contributed by atoms with Crippen LogP contribution in [0.2, 0.25) is 0 Å². The van der Waals surface area contributed by atoms with E-state index in [0.717, 1.165) is 19.0 Å². The molecule has 102 valence electrons. The maximum Gasteiger partial charge on any atom is -0.00174 e. The van der Waals surface area contributed by atoms with Crippen LogP contribution in [0.25, 0.3) is 10.8 Å². The molecule has 2 aromatic carbocycles. The summed E-state index contributed by atoms with van der Waals surface area (Å²) < 4.78 is 0. The first kappa shape index (κ1) is 14.1. The topological polar surface area (TPSA) is 12.0 Å². The van der Waals surface area contributed by atoms with Gasteiger partial charge < -0.3 is 5.32 Å². The van der Waals surface area contributed by atoms with Crippen molar-refractivity contribution in [3.05, 3.63) is 48.0 Å². The Bertz CT molecular complexity index is 499. The lowest BCUT2D eigenvalue weighted by Crippen LogP contribution is -2.24. The average molecular weight is 255 g/mol. The molecule has 2 aromatic rings. The second-order valence-electron chi connectivity index (χ2n) is 5.30. The van der Waals surface area contributed by atoms with E-state index in [2.05, 4.69) is 61.6 Å². The molecule has 1 atom stereocenters.